The fraction of sp³-hybridized carbons (Fsp3) is 0.478. The molecule has 0 spiro atoms. The van der Waals surface area contributed by atoms with Crippen LogP contribution in [0.15, 0.2) is 36.4 Å². The van der Waals surface area contributed by atoms with Crippen molar-refractivity contribution in [1.82, 2.24) is 0 Å². The first kappa shape index (κ1) is 20.6. The monoisotopic (exact) mass is 390 g/mol. The summed E-state index contributed by atoms with van der Waals surface area (Å²) in [6.07, 6.45) is 4.81. The highest BCUT2D eigenvalue weighted by Crippen LogP contribution is 2.33. The van der Waals surface area contributed by atoms with Gasteiger partial charge in [-0.2, -0.15) is 8.78 Å². The molecule has 2 unspecified atom stereocenters. The average Bonchev–Trinajstić information content (AvgIpc) is 2.72. The Morgan fingerprint density at radius 3 is 2.18 bits per heavy atom. The molecule has 0 aromatic heterocycles. The Morgan fingerprint density at radius 2 is 1.61 bits per heavy atom. The molecular formula is C23H28F2O3. The lowest BCUT2D eigenvalue weighted by Crippen LogP contribution is -2.20. The molecule has 1 heterocycles. The van der Waals surface area contributed by atoms with Crippen LogP contribution in [0.1, 0.15) is 56.8 Å². The minimum absolute atomic E-state index is 0.106. The molecule has 2 atom stereocenters. The van der Waals surface area contributed by atoms with Gasteiger partial charge in [-0.1, -0.05) is 37.6 Å². The van der Waals surface area contributed by atoms with Gasteiger partial charge in [0.25, 0.3) is 0 Å². The first-order valence-electron chi connectivity index (χ1n) is 10.1. The van der Waals surface area contributed by atoms with Crippen LogP contribution >= 0.6 is 0 Å². The van der Waals surface area contributed by atoms with Gasteiger partial charge in [-0.15, -0.1) is 0 Å². The molecule has 1 aliphatic heterocycles. The Kier molecular flexibility index (Phi) is 7.26. The second kappa shape index (κ2) is 9.87. The van der Waals surface area contributed by atoms with Crippen molar-refractivity contribution >= 4 is 0 Å². The lowest BCUT2D eigenvalue weighted by atomic mass is 9.91. The molecule has 3 nitrogen and oxygen atoms in total. The van der Waals surface area contributed by atoms with Crippen LogP contribution in [0.5, 0.6) is 11.5 Å². The smallest absolute Gasteiger partial charge is 0.204 e. The third-order valence-corrected chi connectivity index (χ3v) is 5.12. The maximum atomic E-state index is 14.1. The third kappa shape index (κ3) is 5.02. The molecule has 1 aliphatic rings. The van der Waals surface area contributed by atoms with Gasteiger partial charge < -0.3 is 14.2 Å². The van der Waals surface area contributed by atoms with Crippen molar-refractivity contribution in [2.24, 2.45) is 5.92 Å². The summed E-state index contributed by atoms with van der Waals surface area (Å²) in [7, 11) is 0. The number of hydrogen-bond acceptors (Lipinski definition) is 3. The van der Waals surface area contributed by atoms with Crippen molar-refractivity contribution in [3.63, 3.8) is 0 Å². The van der Waals surface area contributed by atoms with E-state index in [2.05, 4.69) is 6.92 Å². The van der Waals surface area contributed by atoms with Crippen LogP contribution in [0.25, 0.3) is 0 Å². The highest BCUT2D eigenvalue weighted by atomic mass is 19.2. The van der Waals surface area contributed by atoms with Crippen LogP contribution in [-0.4, -0.2) is 13.2 Å². The lowest BCUT2D eigenvalue weighted by Gasteiger charge is -2.29. The Hall–Kier alpha value is -2.14. The van der Waals surface area contributed by atoms with Crippen molar-refractivity contribution in [1.29, 1.82) is 0 Å². The van der Waals surface area contributed by atoms with Crippen molar-refractivity contribution in [2.75, 3.05) is 13.2 Å². The minimum atomic E-state index is -1.03. The van der Waals surface area contributed by atoms with Crippen LogP contribution in [0.4, 0.5) is 8.78 Å². The minimum Gasteiger partial charge on any atom is -0.491 e. The summed E-state index contributed by atoms with van der Waals surface area (Å²) >= 11 is 0. The first-order chi connectivity index (χ1) is 13.6. The summed E-state index contributed by atoms with van der Waals surface area (Å²) in [5, 5.41) is 0. The van der Waals surface area contributed by atoms with Crippen molar-refractivity contribution in [3.05, 3.63) is 59.2 Å². The van der Waals surface area contributed by atoms with E-state index in [1.165, 1.54) is 31.4 Å². The van der Waals surface area contributed by atoms with E-state index >= 15 is 0 Å². The molecule has 0 amide bonds. The number of rotatable bonds is 8. The maximum absolute atomic E-state index is 14.1. The molecule has 2 aromatic rings. The van der Waals surface area contributed by atoms with Gasteiger partial charge in [0.2, 0.25) is 11.6 Å². The summed E-state index contributed by atoms with van der Waals surface area (Å²) in [6.45, 7) is 5.18. The van der Waals surface area contributed by atoms with Crippen LogP contribution in [0, 0.1) is 17.6 Å². The molecule has 152 valence electrons. The zero-order valence-electron chi connectivity index (χ0n) is 16.5. The van der Waals surface area contributed by atoms with E-state index in [-0.39, 0.29) is 30.8 Å². The predicted molar refractivity (Wildman–Crippen MR) is 105 cm³/mol. The highest BCUT2D eigenvalue weighted by Gasteiger charge is 2.22. The first-order valence-corrected chi connectivity index (χ1v) is 10.1. The Bertz CT molecular complexity index is 753. The van der Waals surface area contributed by atoms with E-state index in [9.17, 15) is 8.78 Å². The maximum Gasteiger partial charge on any atom is 0.204 e. The van der Waals surface area contributed by atoms with Crippen LogP contribution in [0.3, 0.4) is 0 Å². The van der Waals surface area contributed by atoms with Gasteiger partial charge in [0.15, 0.2) is 11.5 Å². The van der Waals surface area contributed by atoms with Gasteiger partial charge in [-0.05, 0) is 55.4 Å². The molecular weight excluding hydrogens is 362 g/mol. The molecule has 0 saturated carbocycles. The van der Waals surface area contributed by atoms with E-state index in [0.29, 0.717) is 5.92 Å². The molecule has 28 heavy (non-hydrogen) atoms. The summed E-state index contributed by atoms with van der Waals surface area (Å²) in [6, 6.07) is 10.7. The quantitative estimate of drug-likeness (QED) is 0.536. The largest absolute Gasteiger partial charge is 0.491 e. The topological polar surface area (TPSA) is 27.7 Å². The molecule has 5 heteroatoms. The fourth-order valence-electron chi connectivity index (χ4n) is 3.59. The summed E-state index contributed by atoms with van der Waals surface area (Å²) in [4.78, 5) is 0. The number of hydrogen-bond donors (Lipinski definition) is 0. The molecule has 1 saturated heterocycles. The fourth-order valence-corrected chi connectivity index (χ4v) is 3.59. The van der Waals surface area contributed by atoms with E-state index in [1.807, 2.05) is 24.3 Å². The Labute approximate surface area is 165 Å². The highest BCUT2D eigenvalue weighted by molar-refractivity contribution is 5.35. The van der Waals surface area contributed by atoms with Gasteiger partial charge >= 0.3 is 0 Å². The van der Waals surface area contributed by atoms with E-state index in [0.717, 1.165) is 24.2 Å². The zero-order valence-corrected chi connectivity index (χ0v) is 16.5. The number of benzene rings is 2. The van der Waals surface area contributed by atoms with Crippen LogP contribution in [0.2, 0.25) is 0 Å². The van der Waals surface area contributed by atoms with Gasteiger partial charge in [-0.25, -0.2) is 0 Å². The van der Waals surface area contributed by atoms with Gasteiger partial charge in [-0.3, -0.25) is 0 Å². The average molecular weight is 390 g/mol. The van der Waals surface area contributed by atoms with Crippen LogP contribution in [-0.2, 0) is 11.3 Å². The normalized spacial score (nSPS) is 19.4. The van der Waals surface area contributed by atoms with E-state index in [1.54, 1.807) is 6.92 Å². The van der Waals surface area contributed by atoms with Gasteiger partial charge in [0.1, 0.15) is 6.61 Å². The second-order valence-electron chi connectivity index (χ2n) is 7.21. The van der Waals surface area contributed by atoms with Crippen LogP contribution < -0.4 is 9.47 Å². The van der Waals surface area contributed by atoms with Crippen molar-refractivity contribution in [3.8, 4) is 11.5 Å². The molecule has 3 rings (SSSR count). The third-order valence-electron chi connectivity index (χ3n) is 5.12. The standard InChI is InChI=1S/C23H28F2O3/c1-3-5-16-8-11-19(27-14-16)18-9-6-17(7-10-18)15-28-21-13-12-20(26-4-2)22(24)23(21)25/h6-7,9-10,12-13,16,19H,3-5,8,11,14-15H2,1-2H3. The van der Waals surface area contributed by atoms with E-state index in [4.69, 9.17) is 14.2 Å². The number of ether oxygens (including phenoxy) is 3. The molecule has 2 aromatic carbocycles. The second-order valence-corrected chi connectivity index (χ2v) is 7.21. The summed E-state index contributed by atoms with van der Waals surface area (Å²) in [5.41, 5.74) is 2.04. The molecule has 0 bridgehead atoms. The summed E-state index contributed by atoms with van der Waals surface area (Å²) < 4.78 is 44.5. The molecule has 1 fully saturated rings. The van der Waals surface area contributed by atoms with Crippen molar-refractivity contribution in [2.45, 2.75) is 52.2 Å². The SMILES string of the molecule is CCCC1CCC(c2ccc(COc3ccc(OCC)c(F)c3F)cc2)OC1. The van der Waals surface area contributed by atoms with E-state index < -0.39 is 11.6 Å². The lowest BCUT2D eigenvalue weighted by molar-refractivity contribution is -0.0194. The Balaban J connectivity index is 1.56. The predicted octanol–water partition coefficient (Wildman–Crippen LogP) is 6.21. The Morgan fingerprint density at radius 1 is 0.929 bits per heavy atom. The van der Waals surface area contributed by atoms with Crippen molar-refractivity contribution < 1.29 is 23.0 Å². The van der Waals surface area contributed by atoms with Gasteiger partial charge in [0.05, 0.1) is 19.3 Å². The molecule has 0 radical (unpaired) electrons. The number of halogens is 2. The molecule has 0 aliphatic carbocycles. The van der Waals surface area contributed by atoms with Gasteiger partial charge in [0, 0.05) is 0 Å². The molecule has 0 N–H and O–H groups in total. The summed E-state index contributed by atoms with van der Waals surface area (Å²) in [5.74, 6) is -1.60. The zero-order chi connectivity index (χ0) is 19.9.